The van der Waals surface area contributed by atoms with E-state index in [0.29, 0.717) is 19.6 Å². The summed E-state index contributed by atoms with van der Waals surface area (Å²) in [6.07, 6.45) is 6.50. The van der Waals surface area contributed by atoms with E-state index in [2.05, 4.69) is 14.9 Å². The van der Waals surface area contributed by atoms with E-state index in [1.165, 1.54) is 0 Å². The van der Waals surface area contributed by atoms with Crippen LogP contribution in [0.15, 0.2) is 18.6 Å². The van der Waals surface area contributed by atoms with Gasteiger partial charge in [-0.1, -0.05) is 0 Å². The minimum atomic E-state index is -0.304. The number of carbonyl (C=O) groups is 1. The first kappa shape index (κ1) is 19.9. The van der Waals surface area contributed by atoms with E-state index < -0.39 is 0 Å². The lowest BCUT2D eigenvalue weighted by Gasteiger charge is -2.36. The fourth-order valence-corrected chi connectivity index (χ4v) is 2.87. The average molecular weight is 364 g/mol. The molecule has 0 aromatic carbocycles. The second kappa shape index (κ2) is 9.22. The highest BCUT2D eigenvalue weighted by molar-refractivity contribution is 5.85. The van der Waals surface area contributed by atoms with Gasteiger partial charge in [-0.05, 0) is 12.8 Å². The predicted molar refractivity (Wildman–Crippen MR) is 92.3 cm³/mol. The van der Waals surface area contributed by atoms with Gasteiger partial charge in [0.1, 0.15) is 11.9 Å². The van der Waals surface area contributed by atoms with Crippen LogP contribution < -0.4 is 10.6 Å². The fraction of sp³-hybridized carbons (Fsp3) is 0.643. The van der Waals surface area contributed by atoms with Crippen molar-refractivity contribution in [2.24, 2.45) is 5.73 Å². The maximum absolute atomic E-state index is 12.4. The van der Waals surface area contributed by atoms with Crippen LogP contribution in [0.2, 0.25) is 0 Å². The summed E-state index contributed by atoms with van der Waals surface area (Å²) in [5.74, 6) is 0.967. The summed E-state index contributed by atoms with van der Waals surface area (Å²) >= 11 is 0. The van der Waals surface area contributed by atoms with Crippen molar-refractivity contribution in [1.29, 1.82) is 0 Å². The Bertz CT molecular complexity index is 485. The molecule has 2 aliphatic rings. The van der Waals surface area contributed by atoms with E-state index in [4.69, 9.17) is 10.5 Å². The minimum Gasteiger partial charge on any atom is -0.364 e. The summed E-state index contributed by atoms with van der Waals surface area (Å²) in [4.78, 5) is 24.8. The zero-order valence-electron chi connectivity index (χ0n) is 12.8. The van der Waals surface area contributed by atoms with E-state index >= 15 is 0 Å². The molecule has 2 aliphatic heterocycles. The van der Waals surface area contributed by atoms with Crippen molar-refractivity contribution < 1.29 is 9.53 Å². The average Bonchev–Trinajstić information content (AvgIpc) is 3.04. The van der Waals surface area contributed by atoms with Crippen LogP contribution in [0, 0.1) is 0 Å². The number of nitrogens with zero attached hydrogens (tertiary/aromatic N) is 4. The molecule has 23 heavy (non-hydrogen) atoms. The van der Waals surface area contributed by atoms with E-state index in [9.17, 15) is 4.79 Å². The lowest BCUT2D eigenvalue weighted by Crippen LogP contribution is -2.51. The Morgan fingerprint density at radius 1 is 1.22 bits per heavy atom. The van der Waals surface area contributed by atoms with E-state index in [-0.39, 0.29) is 42.9 Å². The molecule has 2 N–H and O–H groups in total. The molecule has 3 heterocycles. The molecule has 2 saturated heterocycles. The number of hydrogen-bond acceptors (Lipinski definition) is 6. The Hall–Kier alpha value is -1.15. The summed E-state index contributed by atoms with van der Waals surface area (Å²) in [7, 11) is 0. The van der Waals surface area contributed by atoms with Gasteiger partial charge in [0.05, 0.1) is 12.3 Å². The Balaban J connectivity index is 0.00000132. The van der Waals surface area contributed by atoms with Crippen molar-refractivity contribution in [3.63, 3.8) is 0 Å². The van der Waals surface area contributed by atoms with Crippen LogP contribution in [0.4, 0.5) is 5.82 Å². The van der Waals surface area contributed by atoms with Crippen molar-refractivity contribution in [1.82, 2.24) is 14.9 Å². The Morgan fingerprint density at radius 3 is 2.52 bits per heavy atom. The van der Waals surface area contributed by atoms with Crippen LogP contribution in [-0.2, 0) is 9.53 Å². The monoisotopic (exact) mass is 363 g/mol. The third kappa shape index (κ3) is 4.67. The highest BCUT2D eigenvalue weighted by Gasteiger charge is 2.34. The first-order valence-corrected chi connectivity index (χ1v) is 7.43. The number of amides is 1. The summed E-state index contributed by atoms with van der Waals surface area (Å²) in [5, 5.41) is 0. The zero-order chi connectivity index (χ0) is 14.7. The van der Waals surface area contributed by atoms with E-state index in [1.54, 1.807) is 18.6 Å². The Morgan fingerprint density at radius 2 is 1.96 bits per heavy atom. The molecule has 3 rings (SSSR count). The third-order valence-corrected chi connectivity index (χ3v) is 4.11. The zero-order valence-corrected chi connectivity index (χ0v) is 14.5. The van der Waals surface area contributed by atoms with Crippen molar-refractivity contribution in [3.05, 3.63) is 18.6 Å². The molecular formula is C14H23Cl2N5O2. The van der Waals surface area contributed by atoms with Gasteiger partial charge in [0.2, 0.25) is 0 Å². The van der Waals surface area contributed by atoms with Crippen LogP contribution in [0.1, 0.15) is 12.8 Å². The Labute approximate surface area is 148 Å². The SMILES string of the molecule is Cl.Cl.NC[C@H]1CC[C@@H](C(=O)N2CCN(c3cnccn3)CC2)O1. The van der Waals surface area contributed by atoms with Crippen LogP contribution in [0.25, 0.3) is 0 Å². The Kier molecular flexibility index (Phi) is 7.98. The summed E-state index contributed by atoms with van der Waals surface area (Å²) in [6, 6.07) is 0. The van der Waals surface area contributed by atoms with E-state index in [0.717, 1.165) is 31.7 Å². The van der Waals surface area contributed by atoms with Crippen LogP contribution in [0.3, 0.4) is 0 Å². The molecule has 2 atom stereocenters. The van der Waals surface area contributed by atoms with Crippen LogP contribution in [0.5, 0.6) is 0 Å². The predicted octanol–water partition coefficient (Wildman–Crippen LogP) is 0.475. The molecule has 1 aromatic heterocycles. The van der Waals surface area contributed by atoms with Crippen molar-refractivity contribution >= 4 is 36.5 Å². The van der Waals surface area contributed by atoms with Gasteiger partial charge in [0.25, 0.3) is 5.91 Å². The summed E-state index contributed by atoms with van der Waals surface area (Å²) < 4.78 is 5.68. The topological polar surface area (TPSA) is 84.6 Å². The number of rotatable bonds is 3. The molecule has 0 radical (unpaired) electrons. The first-order valence-electron chi connectivity index (χ1n) is 7.43. The summed E-state index contributed by atoms with van der Waals surface area (Å²) in [6.45, 7) is 3.43. The fourth-order valence-electron chi connectivity index (χ4n) is 2.87. The maximum atomic E-state index is 12.4. The highest BCUT2D eigenvalue weighted by Crippen LogP contribution is 2.21. The molecule has 1 amide bonds. The maximum Gasteiger partial charge on any atom is 0.251 e. The molecule has 0 saturated carbocycles. The quantitative estimate of drug-likeness (QED) is 0.840. The van der Waals surface area contributed by atoms with Crippen molar-refractivity contribution in [3.8, 4) is 0 Å². The van der Waals surface area contributed by atoms with Gasteiger partial charge in [0.15, 0.2) is 0 Å². The molecule has 0 spiro atoms. The van der Waals surface area contributed by atoms with Gasteiger partial charge >= 0.3 is 0 Å². The number of hydrogen-bond donors (Lipinski definition) is 1. The number of ether oxygens (including phenoxy) is 1. The molecule has 0 aliphatic carbocycles. The van der Waals surface area contributed by atoms with Crippen molar-refractivity contribution in [2.75, 3.05) is 37.6 Å². The van der Waals surface area contributed by atoms with Gasteiger partial charge in [-0.25, -0.2) is 4.98 Å². The number of carbonyl (C=O) groups excluding carboxylic acids is 1. The number of piperazine rings is 1. The second-order valence-electron chi connectivity index (χ2n) is 5.44. The number of aromatic nitrogens is 2. The molecule has 0 unspecified atom stereocenters. The van der Waals surface area contributed by atoms with Crippen LogP contribution in [-0.4, -0.2) is 65.7 Å². The first-order chi connectivity index (χ1) is 10.3. The lowest BCUT2D eigenvalue weighted by molar-refractivity contribution is -0.143. The highest BCUT2D eigenvalue weighted by atomic mass is 35.5. The van der Waals surface area contributed by atoms with E-state index in [1.807, 2.05) is 4.90 Å². The summed E-state index contributed by atoms with van der Waals surface area (Å²) in [5.41, 5.74) is 5.59. The normalized spacial score (nSPS) is 23.9. The number of halogens is 2. The van der Waals surface area contributed by atoms with Gasteiger partial charge in [-0.15, -0.1) is 24.8 Å². The van der Waals surface area contributed by atoms with Gasteiger partial charge in [-0.2, -0.15) is 0 Å². The molecule has 2 fully saturated rings. The molecule has 1 aromatic rings. The van der Waals surface area contributed by atoms with Gasteiger partial charge in [0, 0.05) is 45.1 Å². The van der Waals surface area contributed by atoms with Crippen molar-refractivity contribution in [2.45, 2.75) is 25.0 Å². The minimum absolute atomic E-state index is 0. The largest absolute Gasteiger partial charge is 0.364 e. The third-order valence-electron chi connectivity index (χ3n) is 4.11. The number of nitrogens with two attached hydrogens (primary N) is 1. The second-order valence-corrected chi connectivity index (χ2v) is 5.44. The lowest BCUT2D eigenvalue weighted by atomic mass is 10.1. The van der Waals surface area contributed by atoms with Crippen LogP contribution >= 0.6 is 24.8 Å². The number of anilines is 1. The molecule has 9 heteroatoms. The molecular weight excluding hydrogens is 341 g/mol. The molecule has 7 nitrogen and oxygen atoms in total. The molecule has 0 bridgehead atoms. The van der Waals surface area contributed by atoms with Gasteiger partial charge < -0.3 is 20.3 Å². The van der Waals surface area contributed by atoms with Gasteiger partial charge in [-0.3, -0.25) is 9.78 Å². The molecule has 130 valence electrons. The smallest absolute Gasteiger partial charge is 0.251 e. The standard InChI is InChI=1S/C14H21N5O2.2ClH/c15-9-11-1-2-12(21-11)14(20)19-7-5-18(6-8-19)13-10-16-3-4-17-13;;/h3-4,10-12H,1-2,5-9,15H2;2*1H/t11-,12+;;/m1../s1.